The third-order valence-corrected chi connectivity index (χ3v) is 10.7. The van der Waals surface area contributed by atoms with Crippen LogP contribution < -0.4 is 9.47 Å². The molecule has 0 saturated heterocycles. The van der Waals surface area contributed by atoms with Gasteiger partial charge in [-0.1, -0.05) is 129 Å². The van der Waals surface area contributed by atoms with E-state index in [1.807, 2.05) is 35.7 Å². The van der Waals surface area contributed by atoms with Gasteiger partial charge in [-0.05, 0) is 72.9 Å². The molecule has 0 heterocycles. The van der Waals surface area contributed by atoms with Crippen molar-refractivity contribution in [2.75, 3.05) is 43.3 Å². The molecule has 2 aromatic carbocycles. The molecule has 0 aliphatic carbocycles. The summed E-state index contributed by atoms with van der Waals surface area (Å²) in [6.45, 7) is 5.92. The van der Waals surface area contributed by atoms with Crippen LogP contribution in [0.1, 0.15) is 163 Å². The number of aromatic carboxylic acids is 1. The number of ether oxygens (including phenoxy) is 3. The number of methoxy groups -OCH3 is 1. The van der Waals surface area contributed by atoms with E-state index in [0.29, 0.717) is 24.3 Å². The monoisotopic (exact) mass is 746 g/mol. The highest BCUT2D eigenvalue weighted by Gasteiger charge is 2.05. The summed E-state index contributed by atoms with van der Waals surface area (Å²) in [7, 11) is 1.39. The Morgan fingerprint density at radius 2 is 0.824 bits per heavy atom. The molecule has 0 radical (unpaired) electrons. The van der Waals surface area contributed by atoms with Gasteiger partial charge in [0.05, 0.1) is 31.5 Å². The van der Waals surface area contributed by atoms with Gasteiger partial charge < -0.3 is 19.3 Å². The summed E-state index contributed by atoms with van der Waals surface area (Å²) in [5.74, 6) is 4.75. The molecule has 0 atom stereocenters. The van der Waals surface area contributed by atoms with Crippen molar-refractivity contribution < 1.29 is 28.9 Å². The summed E-state index contributed by atoms with van der Waals surface area (Å²) in [5.41, 5.74) is 0.845. The first-order valence-electron chi connectivity index (χ1n) is 19.9. The molecule has 51 heavy (non-hydrogen) atoms. The Kier molecular flexibility index (Phi) is 31.8. The summed E-state index contributed by atoms with van der Waals surface area (Å²) in [6.07, 6.45) is 27.7. The van der Waals surface area contributed by atoms with Crippen LogP contribution in [0.25, 0.3) is 0 Å². The minimum Gasteiger partial charge on any atom is -0.493 e. The van der Waals surface area contributed by atoms with Gasteiger partial charge >= 0.3 is 11.9 Å². The van der Waals surface area contributed by atoms with E-state index in [2.05, 4.69) is 18.6 Å². The lowest BCUT2D eigenvalue weighted by Gasteiger charge is -2.07. The molecule has 2 rings (SSSR count). The van der Waals surface area contributed by atoms with Gasteiger partial charge in [0.1, 0.15) is 11.5 Å². The maximum atomic E-state index is 11.4. The number of carbonyl (C=O) groups is 2. The molecule has 0 aliphatic heterocycles. The quantitative estimate of drug-likeness (QED) is 0.0585. The van der Waals surface area contributed by atoms with Crippen LogP contribution in [0.2, 0.25) is 0 Å². The maximum Gasteiger partial charge on any atom is 0.337 e. The van der Waals surface area contributed by atoms with Gasteiger partial charge in [0.25, 0.3) is 0 Å². The number of benzene rings is 2. The van der Waals surface area contributed by atoms with Crippen molar-refractivity contribution in [3.05, 3.63) is 59.7 Å². The van der Waals surface area contributed by atoms with Gasteiger partial charge in [0, 0.05) is 11.5 Å². The highest BCUT2D eigenvalue weighted by molar-refractivity contribution is 7.99. The Balaban J connectivity index is 0.000000510. The summed E-state index contributed by atoms with van der Waals surface area (Å²) in [5, 5.41) is 8.84. The van der Waals surface area contributed by atoms with Crippen LogP contribution in [-0.2, 0) is 4.74 Å². The van der Waals surface area contributed by atoms with E-state index in [1.54, 1.807) is 36.4 Å². The average Bonchev–Trinajstić information content (AvgIpc) is 3.15. The van der Waals surface area contributed by atoms with Crippen molar-refractivity contribution in [3.63, 3.8) is 0 Å². The van der Waals surface area contributed by atoms with Gasteiger partial charge in [0.2, 0.25) is 0 Å². The first kappa shape index (κ1) is 46.7. The van der Waals surface area contributed by atoms with Crippen LogP contribution >= 0.6 is 23.5 Å². The van der Waals surface area contributed by atoms with Gasteiger partial charge in [-0.3, -0.25) is 0 Å². The fourth-order valence-electron chi connectivity index (χ4n) is 5.52. The Bertz CT molecular complexity index is 1080. The van der Waals surface area contributed by atoms with Crippen LogP contribution in [0.15, 0.2) is 48.5 Å². The molecule has 0 aliphatic rings. The molecule has 0 fully saturated rings. The van der Waals surface area contributed by atoms with E-state index in [0.717, 1.165) is 23.0 Å². The standard InChI is InChI=1S/C22H36O3S.C21H34O3S/c1-3-4-5-6-7-8-9-10-11-12-18-26-19-17-25-21-15-13-20(14-16-21)22(23)24-2;1-2-3-4-5-6-7-8-9-10-11-17-25-18-16-24-20-14-12-19(13-15-20)21(22)23/h13-16H,3-12,17-19H2,1-2H3;12-15H,2-11,16-18H2,1H3,(H,22,23). The van der Waals surface area contributed by atoms with E-state index < -0.39 is 5.97 Å². The number of hydrogen-bond donors (Lipinski definition) is 1. The zero-order chi connectivity index (χ0) is 37.0. The first-order chi connectivity index (χ1) is 25.0. The number of unbranched alkanes of at least 4 members (excludes halogenated alkanes) is 18. The lowest BCUT2D eigenvalue weighted by atomic mass is 10.1. The molecule has 0 amide bonds. The third kappa shape index (κ3) is 27.9. The number of hydrogen-bond acceptors (Lipinski definition) is 7. The van der Waals surface area contributed by atoms with E-state index in [1.165, 1.54) is 147 Å². The zero-order valence-electron chi connectivity index (χ0n) is 32.3. The van der Waals surface area contributed by atoms with Crippen LogP contribution in [0.4, 0.5) is 0 Å². The maximum absolute atomic E-state index is 11.4. The van der Waals surface area contributed by atoms with E-state index in [4.69, 9.17) is 14.6 Å². The minimum atomic E-state index is -0.904. The fourth-order valence-corrected chi connectivity index (χ4v) is 7.15. The van der Waals surface area contributed by atoms with E-state index in [9.17, 15) is 9.59 Å². The minimum absolute atomic E-state index is 0.294. The Labute approximate surface area is 320 Å². The van der Waals surface area contributed by atoms with Gasteiger partial charge in [-0.2, -0.15) is 23.5 Å². The van der Waals surface area contributed by atoms with Crippen molar-refractivity contribution >= 4 is 35.5 Å². The second kappa shape index (κ2) is 34.7. The summed E-state index contributed by atoms with van der Waals surface area (Å²) >= 11 is 3.90. The molecular formula is C43H70O6S2. The summed E-state index contributed by atoms with van der Waals surface area (Å²) in [4.78, 5) is 22.1. The molecule has 2 aromatic rings. The van der Waals surface area contributed by atoms with Crippen molar-refractivity contribution in [3.8, 4) is 11.5 Å². The number of carboxylic acids is 1. The van der Waals surface area contributed by atoms with Gasteiger partial charge in [0.15, 0.2) is 0 Å². The zero-order valence-corrected chi connectivity index (χ0v) is 33.9. The van der Waals surface area contributed by atoms with Crippen molar-refractivity contribution in [2.45, 2.75) is 142 Å². The number of rotatable bonds is 32. The molecule has 0 saturated carbocycles. The number of thioether (sulfide) groups is 2. The second-order valence-corrected chi connectivity index (χ2v) is 15.6. The molecule has 0 spiro atoms. The highest BCUT2D eigenvalue weighted by atomic mass is 32.2. The predicted octanol–water partition coefficient (Wildman–Crippen LogP) is 12.9. The van der Waals surface area contributed by atoms with E-state index in [-0.39, 0.29) is 5.97 Å². The topological polar surface area (TPSA) is 82.1 Å². The molecule has 0 bridgehead atoms. The van der Waals surface area contributed by atoms with Gasteiger partial charge in [-0.25, -0.2) is 9.59 Å². The van der Waals surface area contributed by atoms with Crippen molar-refractivity contribution in [1.29, 1.82) is 0 Å². The molecule has 8 heteroatoms. The van der Waals surface area contributed by atoms with Crippen LogP contribution in [0.3, 0.4) is 0 Å². The molecule has 1 N–H and O–H groups in total. The Morgan fingerprint density at radius 1 is 0.490 bits per heavy atom. The fraction of sp³-hybridized carbons (Fsp3) is 0.674. The van der Waals surface area contributed by atoms with Gasteiger partial charge in [-0.15, -0.1) is 0 Å². The molecule has 6 nitrogen and oxygen atoms in total. The largest absolute Gasteiger partial charge is 0.493 e. The van der Waals surface area contributed by atoms with Crippen LogP contribution in [0, 0.1) is 0 Å². The highest BCUT2D eigenvalue weighted by Crippen LogP contribution is 2.17. The van der Waals surface area contributed by atoms with Crippen molar-refractivity contribution in [2.24, 2.45) is 0 Å². The SMILES string of the molecule is CCCCCCCCCCCCSCCOc1ccc(C(=O)O)cc1.CCCCCCCCCCCCSCCOc1ccc(C(=O)OC)cc1. The Morgan fingerprint density at radius 3 is 1.16 bits per heavy atom. The molecule has 0 aromatic heterocycles. The predicted molar refractivity (Wildman–Crippen MR) is 221 cm³/mol. The smallest absolute Gasteiger partial charge is 0.337 e. The lowest BCUT2D eigenvalue weighted by Crippen LogP contribution is -2.03. The molecule has 290 valence electrons. The molecule has 0 unspecified atom stereocenters. The average molecular weight is 747 g/mol. The van der Waals surface area contributed by atoms with Crippen LogP contribution in [-0.4, -0.2) is 60.4 Å². The lowest BCUT2D eigenvalue weighted by molar-refractivity contribution is 0.0599. The summed E-state index contributed by atoms with van der Waals surface area (Å²) in [6, 6.07) is 13.7. The first-order valence-corrected chi connectivity index (χ1v) is 22.3. The number of carbonyl (C=O) groups excluding carboxylic acids is 1. The second-order valence-electron chi connectivity index (χ2n) is 13.1. The number of esters is 1. The third-order valence-electron chi connectivity index (χ3n) is 8.65. The summed E-state index contributed by atoms with van der Waals surface area (Å²) < 4.78 is 16.0. The van der Waals surface area contributed by atoms with E-state index >= 15 is 0 Å². The molecular weight excluding hydrogens is 677 g/mol. The Hall–Kier alpha value is -2.32. The van der Waals surface area contributed by atoms with Crippen LogP contribution in [0.5, 0.6) is 11.5 Å². The normalized spacial score (nSPS) is 10.7. The van der Waals surface area contributed by atoms with Crippen molar-refractivity contribution in [1.82, 2.24) is 0 Å². The number of carboxylic acid groups (broad SMARTS) is 1.